The Bertz CT molecular complexity index is 517. The Kier molecular flexibility index (Phi) is 9.92. The monoisotopic (exact) mass is 451 g/mol. The fourth-order valence-electron chi connectivity index (χ4n) is 2.56. The minimum Gasteiger partial charge on any atom is -0.380 e. The molecule has 0 spiro atoms. The van der Waals surface area contributed by atoms with E-state index in [4.69, 9.17) is 4.74 Å². The van der Waals surface area contributed by atoms with Crippen molar-refractivity contribution in [1.29, 1.82) is 0 Å². The number of halogens is 2. The molecule has 6 nitrogen and oxygen atoms in total. The molecule has 8 heteroatoms. The molecule has 2 N–H and O–H groups in total. The largest absolute Gasteiger partial charge is 0.380 e. The van der Waals surface area contributed by atoms with Crippen LogP contribution in [0.5, 0.6) is 0 Å². The minimum atomic E-state index is -0.273. The molecule has 1 fully saturated rings. The number of rotatable bonds is 7. The quantitative estimate of drug-likeness (QED) is 0.288. The van der Waals surface area contributed by atoms with Crippen LogP contribution in [0.3, 0.4) is 0 Å². The van der Waals surface area contributed by atoms with Crippen molar-refractivity contribution in [2.75, 3.05) is 44.3 Å². The average Bonchev–Trinajstić information content (AvgIpc) is 3.00. The van der Waals surface area contributed by atoms with Crippen LogP contribution in [0.25, 0.3) is 0 Å². The molecule has 1 unspecified atom stereocenters. The van der Waals surface area contributed by atoms with Gasteiger partial charge in [0.25, 0.3) is 0 Å². The second kappa shape index (κ2) is 11.4. The highest BCUT2D eigenvalue weighted by atomic mass is 127. The number of hydrogen-bond acceptors (Lipinski definition) is 4. The van der Waals surface area contributed by atoms with Crippen molar-refractivity contribution >= 4 is 35.8 Å². The van der Waals surface area contributed by atoms with Gasteiger partial charge < -0.3 is 20.3 Å². The zero-order valence-corrected chi connectivity index (χ0v) is 16.6. The lowest BCUT2D eigenvalue weighted by molar-refractivity contribution is 0.155. The second-order valence-corrected chi connectivity index (χ2v) is 5.34. The van der Waals surface area contributed by atoms with E-state index in [0.29, 0.717) is 32.1 Å². The van der Waals surface area contributed by atoms with Crippen molar-refractivity contribution in [3.63, 3.8) is 0 Å². The first-order chi connectivity index (χ1) is 11.2. The van der Waals surface area contributed by atoms with Gasteiger partial charge in [0.1, 0.15) is 0 Å². The molecule has 0 aromatic carbocycles. The maximum absolute atomic E-state index is 13.8. The highest BCUT2D eigenvalue weighted by Crippen LogP contribution is 2.20. The molecule has 24 heavy (non-hydrogen) atoms. The summed E-state index contributed by atoms with van der Waals surface area (Å²) in [5.74, 6) is 0.932. The summed E-state index contributed by atoms with van der Waals surface area (Å²) >= 11 is 0. The number of nitrogens with one attached hydrogen (secondary N) is 2. The molecule has 1 saturated heterocycles. The van der Waals surface area contributed by atoms with E-state index in [1.54, 1.807) is 12.3 Å². The lowest BCUT2D eigenvalue weighted by Gasteiger charge is -2.19. The number of nitrogens with zero attached hydrogens (tertiary/aromatic N) is 3. The van der Waals surface area contributed by atoms with Crippen LogP contribution >= 0.6 is 24.0 Å². The molecular formula is C16H27FIN5O. The van der Waals surface area contributed by atoms with Crippen LogP contribution in [0.2, 0.25) is 0 Å². The molecule has 1 aliphatic heterocycles. The Morgan fingerprint density at radius 2 is 2.33 bits per heavy atom. The maximum Gasteiger partial charge on any atom is 0.191 e. The van der Waals surface area contributed by atoms with Gasteiger partial charge in [0, 0.05) is 38.5 Å². The third-order valence-electron chi connectivity index (χ3n) is 3.62. The SMILES string of the molecule is CCNC(=NCCOCC)NC1CCN(c2ncccc2F)C1.I. The molecule has 0 aliphatic carbocycles. The Morgan fingerprint density at radius 1 is 1.50 bits per heavy atom. The highest BCUT2D eigenvalue weighted by Gasteiger charge is 2.25. The van der Waals surface area contributed by atoms with E-state index in [-0.39, 0.29) is 35.8 Å². The van der Waals surface area contributed by atoms with Crippen molar-refractivity contribution in [1.82, 2.24) is 15.6 Å². The number of aliphatic imine (C=N–C) groups is 1. The Balaban J connectivity index is 0.00000288. The predicted octanol–water partition coefficient (Wildman–Crippen LogP) is 2.01. The summed E-state index contributed by atoms with van der Waals surface area (Å²) in [6.45, 7) is 8.23. The number of aromatic nitrogens is 1. The van der Waals surface area contributed by atoms with Crippen LogP contribution in [-0.2, 0) is 4.74 Å². The lowest BCUT2D eigenvalue weighted by atomic mass is 10.3. The van der Waals surface area contributed by atoms with E-state index in [0.717, 1.165) is 25.5 Å². The van der Waals surface area contributed by atoms with Gasteiger partial charge in [0.05, 0.1) is 13.2 Å². The van der Waals surface area contributed by atoms with Gasteiger partial charge in [-0.15, -0.1) is 24.0 Å². The number of guanidine groups is 1. The first kappa shape index (κ1) is 20.9. The van der Waals surface area contributed by atoms with Crippen LogP contribution < -0.4 is 15.5 Å². The summed E-state index contributed by atoms with van der Waals surface area (Å²) in [5.41, 5.74) is 0. The van der Waals surface area contributed by atoms with Crippen LogP contribution in [0, 0.1) is 5.82 Å². The summed E-state index contributed by atoms with van der Waals surface area (Å²) in [5, 5.41) is 6.63. The Hall–Kier alpha value is -1.16. The van der Waals surface area contributed by atoms with Gasteiger partial charge in [-0.05, 0) is 32.4 Å². The Morgan fingerprint density at radius 3 is 3.04 bits per heavy atom. The zero-order valence-electron chi connectivity index (χ0n) is 14.3. The molecule has 136 valence electrons. The zero-order chi connectivity index (χ0) is 16.5. The van der Waals surface area contributed by atoms with Gasteiger partial charge in [0.2, 0.25) is 0 Å². The van der Waals surface area contributed by atoms with E-state index >= 15 is 0 Å². The molecule has 0 saturated carbocycles. The van der Waals surface area contributed by atoms with Crippen molar-refractivity contribution in [2.24, 2.45) is 4.99 Å². The van der Waals surface area contributed by atoms with Crippen molar-refractivity contribution in [2.45, 2.75) is 26.3 Å². The number of hydrogen-bond donors (Lipinski definition) is 2. The number of pyridine rings is 1. The fourth-order valence-corrected chi connectivity index (χ4v) is 2.56. The average molecular weight is 451 g/mol. The van der Waals surface area contributed by atoms with Crippen LogP contribution in [0.4, 0.5) is 10.2 Å². The first-order valence-electron chi connectivity index (χ1n) is 8.22. The number of anilines is 1. The molecule has 2 rings (SSSR count). The van der Waals surface area contributed by atoms with Gasteiger partial charge in [-0.25, -0.2) is 9.37 Å². The van der Waals surface area contributed by atoms with E-state index in [9.17, 15) is 4.39 Å². The second-order valence-electron chi connectivity index (χ2n) is 5.34. The predicted molar refractivity (Wildman–Crippen MR) is 106 cm³/mol. The molecule has 0 bridgehead atoms. The third kappa shape index (κ3) is 6.39. The molecule has 1 aromatic rings. The number of ether oxygens (including phenoxy) is 1. The van der Waals surface area contributed by atoms with Crippen LogP contribution in [0.1, 0.15) is 20.3 Å². The lowest BCUT2D eigenvalue weighted by Crippen LogP contribution is -2.44. The van der Waals surface area contributed by atoms with Gasteiger partial charge in [-0.1, -0.05) is 0 Å². The van der Waals surface area contributed by atoms with Crippen LogP contribution in [0.15, 0.2) is 23.3 Å². The summed E-state index contributed by atoms with van der Waals surface area (Å²) in [4.78, 5) is 10.6. The van der Waals surface area contributed by atoms with Gasteiger partial charge in [-0.2, -0.15) is 0 Å². The third-order valence-corrected chi connectivity index (χ3v) is 3.62. The molecule has 2 heterocycles. The molecule has 1 aliphatic rings. The summed E-state index contributed by atoms with van der Waals surface area (Å²) in [7, 11) is 0. The summed E-state index contributed by atoms with van der Waals surface area (Å²) < 4.78 is 19.1. The maximum atomic E-state index is 13.8. The highest BCUT2D eigenvalue weighted by molar-refractivity contribution is 14.0. The molecule has 0 radical (unpaired) electrons. The molecule has 1 aromatic heterocycles. The summed E-state index contributed by atoms with van der Waals surface area (Å²) in [6, 6.07) is 3.28. The Labute approximate surface area is 160 Å². The molecule has 1 atom stereocenters. The fraction of sp³-hybridized carbons (Fsp3) is 0.625. The van der Waals surface area contributed by atoms with Gasteiger partial charge in [0.15, 0.2) is 17.6 Å². The van der Waals surface area contributed by atoms with E-state index in [1.165, 1.54) is 6.07 Å². The van der Waals surface area contributed by atoms with Crippen molar-refractivity contribution in [3.8, 4) is 0 Å². The van der Waals surface area contributed by atoms with Crippen molar-refractivity contribution < 1.29 is 9.13 Å². The standard InChI is InChI=1S/C16H26FN5O.HI/c1-3-18-16(20-9-11-23-4-2)21-13-7-10-22(12-13)15-14(17)6-5-8-19-15;/h5-6,8,13H,3-4,7,9-12H2,1-2H3,(H2,18,20,21);1H. The summed E-state index contributed by atoms with van der Waals surface area (Å²) in [6.07, 6.45) is 2.55. The van der Waals surface area contributed by atoms with Gasteiger partial charge >= 0.3 is 0 Å². The smallest absolute Gasteiger partial charge is 0.191 e. The van der Waals surface area contributed by atoms with Gasteiger partial charge in [-0.3, -0.25) is 4.99 Å². The van der Waals surface area contributed by atoms with Crippen LogP contribution in [-0.4, -0.2) is 56.4 Å². The van der Waals surface area contributed by atoms with E-state index < -0.39 is 0 Å². The van der Waals surface area contributed by atoms with E-state index in [1.807, 2.05) is 18.7 Å². The normalized spacial score (nSPS) is 17.5. The topological polar surface area (TPSA) is 61.8 Å². The molecule has 0 amide bonds. The van der Waals surface area contributed by atoms with E-state index in [2.05, 4.69) is 20.6 Å². The molecular weight excluding hydrogens is 424 g/mol. The van der Waals surface area contributed by atoms with Crippen molar-refractivity contribution in [3.05, 3.63) is 24.1 Å². The minimum absolute atomic E-state index is 0. The first-order valence-corrected chi connectivity index (χ1v) is 8.22.